The predicted molar refractivity (Wildman–Crippen MR) is 56.1 cm³/mol. The molecule has 2 bridgehead atoms. The average molecular weight is 258 g/mol. The molecule has 0 aromatic heterocycles. The van der Waals surface area contributed by atoms with Gasteiger partial charge in [0.05, 0.1) is 5.60 Å². The van der Waals surface area contributed by atoms with E-state index in [0.717, 1.165) is 0 Å². The second-order valence-corrected chi connectivity index (χ2v) is 5.11. The third kappa shape index (κ3) is 1.25. The van der Waals surface area contributed by atoms with E-state index < -0.39 is 40.7 Å². The van der Waals surface area contributed by atoms with E-state index >= 15 is 0 Å². The molecule has 0 amide bonds. The Bertz CT molecular complexity index is 577. The molecule has 0 aliphatic heterocycles. The third-order valence-electron chi connectivity index (χ3n) is 3.86. The van der Waals surface area contributed by atoms with E-state index in [1.54, 1.807) is 6.08 Å². The van der Waals surface area contributed by atoms with Crippen LogP contribution in [0, 0.1) is 23.3 Å². The first kappa shape index (κ1) is 11.7. The molecule has 0 radical (unpaired) electrons. The maximum absolute atomic E-state index is 13.8. The summed E-state index contributed by atoms with van der Waals surface area (Å²) in [6, 6.07) is 0. The molecule has 0 heterocycles. The van der Waals surface area contributed by atoms with Gasteiger partial charge in [-0.2, -0.15) is 0 Å². The Hall–Kier alpha value is -1.36. The maximum atomic E-state index is 13.8. The zero-order valence-electron chi connectivity index (χ0n) is 9.48. The summed E-state index contributed by atoms with van der Waals surface area (Å²) in [5, 5.41) is 10.1. The van der Waals surface area contributed by atoms with Crippen molar-refractivity contribution >= 4 is 0 Å². The lowest BCUT2D eigenvalue weighted by atomic mass is 9.63. The van der Waals surface area contributed by atoms with Crippen molar-refractivity contribution < 1.29 is 22.7 Å². The van der Waals surface area contributed by atoms with Crippen molar-refractivity contribution in [2.24, 2.45) is 0 Å². The highest BCUT2D eigenvalue weighted by atomic mass is 19.2. The summed E-state index contributed by atoms with van der Waals surface area (Å²) in [5.74, 6) is -7.82. The topological polar surface area (TPSA) is 20.2 Å². The molecule has 0 unspecified atom stereocenters. The summed E-state index contributed by atoms with van der Waals surface area (Å²) in [4.78, 5) is 0. The molecule has 3 atom stereocenters. The molecule has 3 aliphatic carbocycles. The van der Waals surface area contributed by atoms with Crippen LogP contribution in [0.15, 0.2) is 12.2 Å². The Morgan fingerprint density at radius 1 is 1.00 bits per heavy atom. The van der Waals surface area contributed by atoms with E-state index in [4.69, 9.17) is 0 Å². The van der Waals surface area contributed by atoms with Crippen LogP contribution in [0.3, 0.4) is 0 Å². The fourth-order valence-electron chi connectivity index (χ4n) is 3.03. The number of rotatable bonds is 0. The first-order valence-electron chi connectivity index (χ1n) is 5.61. The van der Waals surface area contributed by atoms with Crippen LogP contribution in [-0.4, -0.2) is 10.7 Å². The molecule has 1 aromatic rings. The second kappa shape index (κ2) is 3.35. The molecule has 0 saturated heterocycles. The molecule has 18 heavy (non-hydrogen) atoms. The van der Waals surface area contributed by atoms with Crippen LogP contribution in [-0.2, 0) is 0 Å². The quantitative estimate of drug-likeness (QED) is 0.328. The van der Waals surface area contributed by atoms with Gasteiger partial charge in [-0.3, -0.25) is 0 Å². The summed E-state index contributed by atoms with van der Waals surface area (Å²) in [6.45, 7) is 1.48. The number of hydrogen-bond donors (Lipinski definition) is 1. The van der Waals surface area contributed by atoms with Crippen molar-refractivity contribution in [3.05, 3.63) is 46.5 Å². The number of halogens is 4. The van der Waals surface area contributed by atoms with Crippen LogP contribution in [0.4, 0.5) is 17.6 Å². The second-order valence-electron chi connectivity index (χ2n) is 5.11. The van der Waals surface area contributed by atoms with Crippen LogP contribution in [0.2, 0.25) is 0 Å². The highest BCUT2D eigenvalue weighted by Gasteiger charge is 2.47. The van der Waals surface area contributed by atoms with Gasteiger partial charge in [-0.15, -0.1) is 0 Å². The van der Waals surface area contributed by atoms with Crippen molar-refractivity contribution in [1.29, 1.82) is 0 Å². The van der Waals surface area contributed by atoms with Gasteiger partial charge in [-0.1, -0.05) is 12.2 Å². The molecule has 96 valence electrons. The van der Waals surface area contributed by atoms with Crippen molar-refractivity contribution in [3.8, 4) is 0 Å². The lowest BCUT2D eigenvalue weighted by Crippen LogP contribution is -2.42. The van der Waals surface area contributed by atoms with Gasteiger partial charge in [0.1, 0.15) is 0 Å². The van der Waals surface area contributed by atoms with Crippen LogP contribution in [0.1, 0.15) is 36.3 Å². The third-order valence-corrected chi connectivity index (χ3v) is 3.86. The van der Waals surface area contributed by atoms with Gasteiger partial charge in [0.15, 0.2) is 23.3 Å². The molecule has 0 fully saturated rings. The lowest BCUT2D eigenvalue weighted by molar-refractivity contribution is 0.0178. The van der Waals surface area contributed by atoms with E-state index in [1.807, 2.05) is 0 Å². The maximum Gasteiger partial charge on any atom is 0.197 e. The lowest BCUT2D eigenvalue weighted by Gasteiger charge is -2.44. The average Bonchev–Trinajstić information content (AvgIpc) is 2.32. The summed E-state index contributed by atoms with van der Waals surface area (Å²) < 4.78 is 54.0. The zero-order valence-corrected chi connectivity index (χ0v) is 9.48. The number of allylic oxidation sites excluding steroid dienone is 1. The molecule has 1 nitrogen and oxygen atoms in total. The summed E-state index contributed by atoms with van der Waals surface area (Å²) in [6.07, 6.45) is 3.30. The zero-order chi connectivity index (χ0) is 13.2. The van der Waals surface area contributed by atoms with E-state index in [9.17, 15) is 22.7 Å². The fraction of sp³-hybridized carbons (Fsp3) is 0.385. The van der Waals surface area contributed by atoms with E-state index in [1.165, 1.54) is 13.0 Å². The Balaban J connectivity index is 2.37. The Morgan fingerprint density at radius 3 is 2.11 bits per heavy atom. The minimum atomic E-state index is -1.82. The fourth-order valence-corrected chi connectivity index (χ4v) is 3.03. The van der Waals surface area contributed by atoms with Gasteiger partial charge in [0.2, 0.25) is 0 Å². The van der Waals surface area contributed by atoms with Crippen molar-refractivity contribution in [3.63, 3.8) is 0 Å². The number of aliphatic hydroxyl groups is 1. The van der Waals surface area contributed by atoms with Crippen LogP contribution < -0.4 is 0 Å². The first-order chi connectivity index (χ1) is 8.34. The smallest absolute Gasteiger partial charge is 0.197 e. The van der Waals surface area contributed by atoms with E-state index in [0.29, 0.717) is 0 Å². The monoisotopic (exact) mass is 258 g/mol. The Kier molecular flexibility index (Phi) is 2.18. The van der Waals surface area contributed by atoms with Gasteiger partial charge in [-0.05, 0) is 13.3 Å². The highest BCUT2D eigenvalue weighted by Crippen LogP contribution is 2.52. The Labute approximate surface area is 101 Å². The van der Waals surface area contributed by atoms with Crippen molar-refractivity contribution in [2.45, 2.75) is 30.8 Å². The van der Waals surface area contributed by atoms with Gasteiger partial charge >= 0.3 is 0 Å². The van der Waals surface area contributed by atoms with Crippen molar-refractivity contribution in [1.82, 2.24) is 0 Å². The van der Waals surface area contributed by atoms with Crippen LogP contribution >= 0.6 is 0 Å². The highest BCUT2D eigenvalue weighted by molar-refractivity contribution is 5.49. The molecule has 1 aromatic carbocycles. The summed E-state index contributed by atoms with van der Waals surface area (Å²) >= 11 is 0. The van der Waals surface area contributed by atoms with Gasteiger partial charge in [-0.25, -0.2) is 17.6 Å². The van der Waals surface area contributed by atoms with Crippen LogP contribution in [0.5, 0.6) is 0 Å². The van der Waals surface area contributed by atoms with Crippen LogP contribution in [0.25, 0.3) is 0 Å². The largest absolute Gasteiger partial charge is 0.389 e. The molecule has 1 N–H and O–H groups in total. The Morgan fingerprint density at radius 2 is 1.56 bits per heavy atom. The molecule has 0 spiro atoms. The normalized spacial score (nSPS) is 32.8. The molecule has 3 aliphatic rings. The predicted octanol–water partition coefficient (Wildman–Crippen LogP) is 3.13. The number of fused-ring (bicyclic) bond motifs is 1. The standard InChI is InChI=1S/C13H10F4O/c1-13(18)4-5-2-3-6(13)8-7(5)9(14)11(16)12(17)10(8)15/h2-3,5-6,18H,4H2,1H3/t5-,6-,13-/m0/s1. The molecule has 5 heteroatoms. The molecule has 0 saturated carbocycles. The van der Waals surface area contributed by atoms with Crippen molar-refractivity contribution in [2.75, 3.05) is 0 Å². The SMILES string of the molecule is C[C@]1(O)C[C@@H]2C=C[C@H]1c1c(F)c(F)c(F)c(F)c12. The summed E-state index contributed by atoms with van der Waals surface area (Å²) in [5.41, 5.74) is -1.69. The van der Waals surface area contributed by atoms with Gasteiger partial charge in [0, 0.05) is 23.0 Å². The molecule has 4 rings (SSSR count). The minimum Gasteiger partial charge on any atom is -0.389 e. The first-order valence-corrected chi connectivity index (χ1v) is 5.61. The van der Waals surface area contributed by atoms with Gasteiger partial charge in [0.25, 0.3) is 0 Å². The number of hydrogen-bond acceptors (Lipinski definition) is 1. The molecular formula is C13H10F4O. The number of benzene rings is 1. The molecular weight excluding hydrogens is 248 g/mol. The van der Waals surface area contributed by atoms with E-state index in [-0.39, 0.29) is 17.5 Å². The summed E-state index contributed by atoms with van der Waals surface area (Å²) in [7, 11) is 0. The van der Waals surface area contributed by atoms with Gasteiger partial charge < -0.3 is 5.11 Å². The minimum absolute atomic E-state index is 0.162. The van der Waals surface area contributed by atoms with E-state index in [2.05, 4.69) is 0 Å².